The molecule has 2 rings (SSSR count). The molecule has 1 heterocycles. The number of anilines is 1. The first-order valence-electron chi connectivity index (χ1n) is 5.12. The van der Waals surface area contributed by atoms with Gasteiger partial charge in [0.1, 0.15) is 6.54 Å². The van der Waals surface area contributed by atoms with E-state index in [4.69, 9.17) is 16.7 Å². The summed E-state index contributed by atoms with van der Waals surface area (Å²) in [4.78, 5) is 16.3. The largest absolute Gasteiger partial charge is 0.480 e. The average Bonchev–Trinajstić information content (AvgIpc) is 2.81. The first-order chi connectivity index (χ1) is 8.65. The fourth-order valence-electron chi connectivity index (χ4n) is 1.49. The van der Waals surface area contributed by atoms with E-state index in [1.54, 1.807) is 29.2 Å². The fourth-order valence-corrected chi connectivity index (χ4v) is 1.61. The van der Waals surface area contributed by atoms with Crippen molar-refractivity contribution < 1.29 is 14.4 Å². The van der Waals surface area contributed by atoms with Crippen LogP contribution in [0.15, 0.2) is 35.2 Å². The fraction of sp³-hybridized carbons (Fsp3) is 0.182. The Morgan fingerprint density at radius 2 is 2.11 bits per heavy atom. The molecule has 1 N–H and O–H groups in total. The van der Waals surface area contributed by atoms with Crippen LogP contribution in [0.5, 0.6) is 0 Å². The third-order valence-electron chi connectivity index (χ3n) is 2.26. The first kappa shape index (κ1) is 12.4. The molecule has 0 aliphatic carbocycles. The van der Waals surface area contributed by atoms with E-state index in [1.165, 1.54) is 6.39 Å². The van der Waals surface area contributed by atoms with E-state index in [-0.39, 0.29) is 13.1 Å². The van der Waals surface area contributed by atoms with Crippen molar-refractivity contribution in [2.45, 2.75) is 6.54 Å². The zero-order valence-corrected chi connectivity index (χ0v) is 10.0. The molecule has 0 aliphatic rings. The molecule has 0 saturated heterocycles. The molecule has 94 valence electrons. The van der Waals surface area contributed by atoms with E-state index in [0.29, 0.717) is 10.8 Å². The number of rotatable bonds is 5. The lowest BCUT2D eigenvalue weighted by Crippen LogP contribution is -2.29. The summed E-state index contributed by atoms with van der Waals surface area (Å²) in [7, 11) is 0. The van der Waals surface area contributed by atoms with Crippen LogP contribution in [0.4, 0.5) is 5.69 Å². The molecule has 0 amide bonds. The van der Waals surface area contributed by atoms with Gasteiger partial charge >= 0.3 is 5.97 Å². The molecule has 6 nitrogen and oxygen atoms in total. The summed E-state index contributed by atoms with van der Waals surface area (Å²) < 4.78 is 4.62. The van der Waals surface area contributed by atoms with Crippen LogP contribution in [0.3, 0.4) is 0 Å². The predicted molar refractivity (Wildman–Crippen MR) is 64.4 cm³/mol. The van der Waals surface area contributed by atoms with Crippen molar-refractivity contribution in [2.24, 2.45) is 0 Å². The summed E-state index contributed by atoms with van der Waals surface area (Å²) >= 11 is 5.79. The summed E-state index contributed by atoms with van der Waals surface area (Å²) in [6.45, 7) is 0.0978. The van der Waals surface area contributed by atoms with Crippen LogP contribution >= 0.6 is 11.6 Å². The number of halogens is 1. The monoisotopic (exact) mass is 267 g/mol. The van der Waals surface area contributed by atoms with Crippen molar-refractivity contribution >= 4 is 23.3 Å². The maximum Gasteiger partial charge on any atom is 0.323 e. The summed E-state index contributed by atoms with van der Waals surface area (Å²) in [6, 6.07) is 6.88. The lowest BCUT2D eigenvalue weighted by atomic mass is 10.3. The van der Waals surface area contributed by atoms with Crippen LogP contribution in [-0.2, 0) is 11.3 Å². The Kier molecular flexibility index (Phi) is 3.78. The molecule has 0 unspecified atom stereocenters. The van der Waals surface area contributed by atoms with Gasteiger partial charge in [-0.15, -0.1) is 0 Å². The maximum absolute atomic E-state index is 10.8. The van der Waals surface area contributed by atoms with E-state index < -0.39 is 5.97 Å². The minimum Gasteiger partial charge on any atom is -0.480 e. The van der Waals surface area contributed by atoms with Gasteiger partial charge in [-0.05, 0) is 24.3 Å². The number of carboxylic acids is 1. The number of aliphatic carboxylic acids is 1. The van der Waals surface area contributed by atoms with E-state index >= 15 is 0 Å². The standard InChI is InChI=1S/C11H10ClN3O3/c12-8-1-3-9(4-2-8)15(6-11(16)17)5-10-13-7-18-14-10/h1-4,7H,5-6H2,(H,16,17). The Labute approximate surface area is 108 Å². The lowest BCUT2D eigenvalue weighted by molar-refractivity contribution is -0.135. The number of carboxylic acid groups (broad SMARTS) is 1. The van der Waals surface area contributed by atoms with E-state index in [2.05, 4.69) is 14.7 Å². The number of hydrogen-bond acceptors (Lipinski definition) is 5. The van der Waals surface area contributed by atoms with Crippen molar-refractivity contribution in [2.75, 3.05) is 11.4 Å². The molecule has 7 heteroatoms. The second-order valence-corrected chi connectivity index (χ2v) is 4.01. The molecule has 0 atom stereocenters. The molecule has 0 radical (unpaired) electrons. The second kappa shape index (κ2) is 5.50. The highest BCUT2D eigenvalue weighted by molar-refractivity contribution is 6.30. The Balaban J connectivity index is 2.19. The Morgan fingerprint density at radius 3 is 2.67 bits per heavy atom. The normalized spacial score (nSPS) is 10.3. The van der Waals surface area contributed by atoms with Gasteiger partial charge in [0, 0.05) is 10.7 Å². The van der Waals surface area contributed by atoms with Gasteiger partial charge in [-0.25, -0.2) is 0 Å². The van der Waals surface area contributed by atoms with E-state index in [1.807, 2.05) is 0 Å². The highest BCUT2D eigenvalue weighted by atomic mass is 35.5. The highest BCUT2D eigenvalue weighted by Gasteiger charge is 2.13. The van der Waals surface area contributed by atoms with Gasteiger partial charge in [0.2, 0.25) is 6.39 Å². The van der Waals surface area contributed by atoms with Gasteiger partial charge in [-0.2, -0.15) is 4.98 Å². The van der Waals surface area contributed by atoms with Gasteiger partial charge < -0.3 is 14.5 Å². The summed E-state index contributed by atoms with van der Waals surface area (Å²) in [5.74, 6) is -0.514. The SMILES string of the molecule is O=C(O)CN(Cc1ncon1)c1ccc(Cl)cc1. The maximum atomic E-state index is 10.8. The highest BCUT2D eigenvalue weighted by Crippen LogP contribution is 2.19. The molecular formula is C11H10ClN3O3. The van der Waals surface area contributed by atoms with Crippen LogP contribution in [0.2, 0.25) is 5.02 Å². The minimum absolute atomic E-state index is 0.157. The molecule has 0 spiro atoms. The third kappa shape index (κ3) is 3.21. The number of aromatic nitrogens is 2. The number of nitrogens with zero attached hydrogens (tertiary/aromatic N) is 3. The van der Waals surface area contributed by atoms with E-state index in [9.17, 15) is 4.79 Å². The third-order valence-corrected chi connectivity index (χ3v) is 2.51. The molecule has 0 fully saturated rings. The molecule has 1 aromatic heterocycles. The molecule has 0 aliphatic heterocycles. The van der Waals surface area contributed by atoms with Crippen LogP contribution in [0, 0.1) is 0 Å². The molecule has 2 aromatic rings. The number of carbonyl (C=O) groups is 1. The summed E-state index contributed by atoms with van der Waals surface area (Å²) in [5, 5.41) is 13.1. The van der Waals surface area contributed by atoms with Gasteiger partial charge in [-0.1, -0.05) is 16.8 Å². The topological polar surface area (TPSA) is 79.5 Å². The van der Waals surface area contributed by atoms with Crippen molar-refractivity contribution in [1.82, 2.24) is 10.1 Å². The number of benzene rings is 1. The van der Waals surface area contributed by atoms with Crippen molar-refractivity contribution in [3.8, 4) is 0 Å². The minimum atomic E-state index is -0.937. The zero-order chi connectivity index (χ0) is 13.0. The lowest BCUT2D eigenvalue weighted by Gasteiger charge is -2.21. The Morgan fingerprint density at radius 1 is 1.39 bits per heavy atom. The summed E-state index contributed by atoms with van der Waals surface area (Å²) in [5.41, 5.74) is 0.728. The smallest absolute Gasteiger partial charge is 0.323 e. The number of hydrogen-bond donors (Lipinski definition) is 1. The first-order valence-corrected chi connectivity index (χ1v) is 5.50. The van der Waals surface area contributed by atoms with Crippen LogP contribution in [0.1, 0.15) is 5.82 Å². The van der Waals surface area contributed by atoms with Crippen molar-refractivity contribution in [3.05, 3.63) is 41.5 Å². The second-order valence-electron chi connectivity index (χ2n) is 3.57. The molecule has 0 saturated carbocycles. The van der Waals surface area contributed by atoms with Crippen LogP contribution in [-0.4, -0.2) is 27.8 Å². The predicted octanol–water partition coefficient (Wildman–Crippen LogP) is 1.81. The van der Waals surface area contributed by atoms with Crippen molar-refractivity contribution in [3.63, 3.8) is 0 Å². The van der Waals surface area contributed by atoms with Gasteiger partial charge in [0.25, 0.3) is 0 Å². The Hall–Kier alpha value is -2.08. The van der Waals surface area contributed by atoms with Gasteiger partial charge in [0.15, 0.2) is 5.82 Å². The molecular weight excluding hydrogens is 258 g/mol. The molecule has 0 bridgehead atoms. The van der Waals surface area contributed by atoms with Crippen LogP contribution in [0.25, 0.3) is 0 Å². The summed E-state index contributed by atoms with van der Waals surface area (Å²) in [6.07, 6.45) is 1.20. The van der Waals surface area contributed by atoms with Crippen molar-refractivity contribution in [1.29, 1.82) is 0 Å². The Bertz CT molecular complexity index is 513. The quantitative estimate of drug-likeness (QED) is 0.890. The zero-order valence-electron chi connectivity index (χ0n) is 9.28. The van der Waals surface area contributed by atoms with E-state index in [0.717, 1.165) is 5.69 Å². The molecule has 18 heavy (non-hydrogen) atoms. The van der Waals surface area contributed by atoms with Gasteiger partial charge in [0.05, 0.1) is 6.54 Å². The van der Waals surface area contributed by atoms with Gasteiger partial charge in [-0.3, -0.25) is 4.79 Å². The average molecular weight is 268 g/mol. The van der Waals surface area contributed by atoms with Crippen LogP contribution < -0.4 is 4.90 Å². The molecule has 1 aromatic carbocycles.